The molecule has 0 aliphatic rings. The van der Waals surface area contributed by atoms with Gasteiger partial charge in [0.15, 0.2) is 0 Å². The van der Waals surface area contributed by atoms with E-state index in [2.05, 4.69) is 10.9 Å². The van der Waals surface area contributed by atoms with E-state index in [9.17, 15) is 14.0 Å². The topological polar surface area (TPSA) is 58.2 Å². The van der Waals surface area contributed by atoms with Gasteiger partial charge in [-0.15, -0.1) is 11.3 Å². The molecule has 0 spiro atoms. The molecule has 0 saturated heterocycles. The van der Waals surface area contributed by atoms with Gasteiger partial charge in [0.2, 0.25) is 0 Å². The standard InChI is InChI=1S/C14H8ClFN2O2S2/c15-11-9-2-1-8(16)5-10(9)22-12(11)14(20)18-17-13(19)7-3-4-21-6-7/h1-6H,(H,17,19)(H,18,20). The molecular weight excluding hydrogens is 347 g/mol. The second kappa shape index (κ2) is 6.04. The summed E-state index contributed by atoms with van der Waals surface area (Å²) in [5.41, 5.74) is 5.06. The maximum Gasteiger partial charge on any atom is 0.281 e. The van der Waals surface area contributed by atoms with Gasteiger partial charge in [0.1, 0.15) is 10.7 Å². The third kappa shape index (κ3) is 2.83. The normalized spacial score (nSPS) is 10.6. The van der Waals surface area contributed by atoms with Crippen LogP contribution in [0.5, 0.6) is 0 Å². The van der Waals surface area contributed by atoms with Crippen LogP contribution in [0.4, 0.5) is 4.39 Å². The molecule has 0 bridgehead atoms. The van der Waals surface area contributed by atoms with Crippen molar-refractivity contribution in [1.29, 1.82) is 0 Å². The van der Waals surface area contributed by atoms with Crippen LogP contribution in [0.2, 0.25) is 5.02 Å². The molecule has 0 fully saturated rings. The fourth-order valence-electron chi connectivity index (χ4n) is 1.82. The monoisotopic (exact) mass is 354 g/mol. The van der Waals surface area contributed by atoms with Gasteiger partial charge >= 0.3 is 0 Å². The lowest BCUT2D eigenvalue weighted by molar-refractivity contribution is 0.0849. The zero-order chi connectivity index (χ0) is 15.7. The number of amides is 2. The number of rotatable bonds is 2. The third-order valence-corrected chi connectivity index (χ3v) is 5.21. The SMILES string of the molecule is O=C(NNC(=O)c1sc2cc(F)ccc2c1Cl)c1ccsc1. The third-order valence-electron chi connectivity index (χ3n) is 2.87. The van der Waals surface area contributed by atoms with Crippen molar-refractivity contribution in [2.24, 2.45) is 0 Å². The molecule has 1 aromatic carbocycles. The Morgan fingerprint density at radius 2 is 1.91 bits per heavy atom. The Balaban J connectivity index is 1.78. The molecule has 8 heteroatoms. The van der Waals surface area contributed by atoms with Crippen LogP contribution < -0.4 is 10.9 Å². The number of thiophene rings is 2. The van der Waals surface area contributed by atoms with Crippen molar-refractivity contribution in [3.63, 3.8) is 0 Å². The van der Waals surface area contributed by atoms with Gasteiger partial charge in [0.05, 0.1) is 10.6 Å². The first-order valence-corrected chi connectivity index (χ1v) is 8.20. The molecule has 0 atom stereocenters. The zero-order valence-electron chi connectivity index (χ0n) is 10.9. The van der Waals surface area contributed by atoms with Gasteiger partial charge in [0.25, 0.3) is 11.8 Å². The van der Waals surface area contributed by atoms with Crippen LogP contribution in [0.3, 0.4) is 0 Å². The summed E-state index contributed by atoms with van der Waals surface area (Å²) in [4.78, 5) is 24.1. The van der Waals surface area contributed by atoms with Gasteiger partial charge in [-0.25, -0.2) is 4.39 Å². The highest BCUT2D eigenvalue weighted by Gasteiger charge is 2.18. The van der Waals surface area contributed by atoms with Crippen LogP contribution in [-0.4, -0.2) is 11.8 Å². The molecule has 0 aliphatic heterocycles. The molecule has 112 valence electrons. The Morgan fingerprint density at radius 1 is 1.14 bits per heavy atom. The minimum absolute atomic E-state index is 0.216. The van der Waals surface area contributed by atoms with E-state index in [0.717, 1.165) is 11.3 Å². The molecule has 3 rings (SSSR count). The molecular formula is C14H8ClFN2O2S2. The first kappa shape index (κ1) is 15.0. The summed E-state index contributed by atoms with van der Waals surface area (Å²) in [5, 5.41) is 4.26. The van der Waals surface area contributed by atoms with Crippen molar-refractivity contribution in [2.45, 2.75) is 0 Å². The highest BCUT2D eigenvalue weighted by molar-refractivity contribution is 7.21. The molecule has 0 unspecified atom stereocenters. The van der Waals surface area contributed by atoms with E-state index < -0.39 is 17.6 Å². The van der Waals surface area contributed by atoms with E-state index in [1.807, 2.05) is 0 Å². The summed E-state index contributed by atoms with van der Waals surface area (Å²) >= 11 is 8.57. The van der Waals surface area contributed by atoms with E-state index >= 15 is 0 Å². The summed E-state index contributed by atoms with van der Waals surface area (Å²) in [5.74, 6) is -1.36. The van der Waals surface area contributed by atoms with E-state index in [0.29, 0.717) is 15.6 Å². The molecule has 4 nitrogen and oxygen atoms in total. The quantitative estimate of drug-likeness (QED) is 0.687. The highest BCUT2D eigenvalue weighted by atomic mass is 35.5. The maximum absolute atomic E-state index is 13.2. The predicted molar refractivity (Wildman–Crippen MR) is 86.0 cm³/mol. The smallest absolute Gasteiger partial charge is 0.267 e. The Morgan fingerprint density at radius 3 is 2.64 bits per heavy atom. The van der Waals surface area contributed by atoms with Crippen LogP contribution in [0.1, 0.15) is 20.0 Å². The zero-order valence-corrected chi connectivity index (χ0v) is 13.2. The first-order valence-electron chi connectivity index (χ1n) is 6.06. The first-order chi connectivity index (χ1) is 10.6. The molecule has 0 radical (unpaired) electrons. The maximum atomic E-state index is 13.2. The summed E-state index contributed by atoms with van der Waals surface area (Å²) in [6, 6.07) is 5.75. The summed E-state index contributed by atoms with van der Waals surface area (Å²) in [6.07, 6.45) is 0. The van der Waals surface area contributed by atoms with Gasteiger partial charge < -0.3 is 0 Å². The Kier molecular flexibility index (Phi) is 4.10. The van der Waals surface area contributed by atoms with E-state index in [1.165, 1.54) is 29.5 Å². The van der Waals surface area contributed by atoms with Crippen LogP contribution >= 0.6 is 34.3 Å². The second-order valence-electron chi connectivity index (χ2n) is 4.31. The van der Waals surface area contributed by atoms with Crippen molar-refractivity contribution in [3.8, 4) is 0 Å². The largest absolute Gasteiger partial charge is 0.281 e. The molecule has 2 heterocycles. The van der Waals surface area contributed by atoms with Gasteiger partial charge in [-0.1, -0.05) is 11.6 Å². The highest BCUT2D eigenvalue weighted by Crippen LogP contribution is 2.35. The minimum Gasteiger partial charge on any atom is -0.267 e. The van der Waals surface area contributed by atoms with Crippen molar-refractivity contribution in [2.75, 3.05) is 0 Å². The lowest BCUT2D eigenvalue weighted by Gasteiger charge is -2.05. The molecule has 3 aromatic rings. The molecule has 0 aliphatic carbocycles. The number of hydrazine groups is 1. The van der Waals surface area contributed by atoms with Gasteiger partial charge in [-0.2, -0.15) is 11.3 Å². The average molecular weight is 355 g/mol. The number of carbonyl (C=O) groups is 2. The van der Waals surface area contributed by atoms with E-state index in [-0.39, 0.29) is 9.90 Å². The van der Waals surface area contributed by atoms with E-state index in [1.54, 1.807) is 16.8 Å². The predicted octanol–water partition coefficient (Wildman–Crippen LogP) is 3.83. The fourth-order valence-corrected chi connectivity index (χ4v) is 3.89. The van der Waals surface area contributed by atoms with Crippen molar-refractivity contribution in [1.82, 2.24) is 10.9 Å². The number of carbonyl (C=O) groups excluding carboxylic acids is 2. The van der Waals surface area contributed by atoms with Crippen LogP contribution in [0.25, 0.3) is 10.1 Å². The summed E-state index contributed by atoms with van der Waals surface area (Å²) in [6.45, 7) is 0. The molecule has 22 heavy (non-hydrogen) atoms. The molecule has 2 amide bonds. The van der Waals surface area contributed by atoms with Crippen molar-refractivity contribution < 1.29 is 14.0 Å². The lowest BCUT2D eigenvalue weighted by atomic mass is 10.2. The number of fused-ring (bicyclic) bond motifs is 1. The molecule has 2 aromatic heterocycles. The fraction of sp³-hybridized carbons (Fsp3) is 0. The summed E-state index contributed by atoms with van der Waals surface area (Å²) < 4.78 is 13.8. The van der Waals surface area contributed by atoms with Gasteiger partial charge in [0, 0.05) is 15.5 Å². The number of benzene rings is 1. The number of hydrogen-bond donors (Lipinski definition) is 2. The second-order valence-corrected chi connectivity index (χ2v) is 6.52. The van der Waals surface area contributed by atoms with E-state index in [4.69, 9.17) is 11.6 Å². The van der Waals surface area contributed by atoms with Gasteiger partial charge in [-0.05, 0) is 29.6 Å². The average Bonchev–Trinajstić information content (AvgIpc) is 3.13. The number of halogens is 2. The van der Waals surface area contributed by atoms with Crippen LogP contribution in [-0.2, 0) is 0 Å². The van der Waals surface area contributed by atoms with Crippen LogP contribution in [0.15, 0.2) is 35.0 Å². The van der Waals surface area contributed by atoms with Gasteiger partial charge in [-0.3, -0.25) is 20.4 Å². The van der Waals surface area contributed by atoms with Crippen molar-refractivity contribution >= 4 is 56.2 Å². The summed E-state index contributed by atoms with van der Waals surface area (Å²) in [7, 11) is 0. The number of nitrogens with one attached hydrogen (secondary N) is 2. The molecule has 2 N–H and O–H groups in total. The Hall–Kier alpha value is -1.96. The minimum atomic E-state index is -0.546. The Labute approximate surface area is 137 Å². The van der Waals surface area contributed by atoms with Crippen LogP contribution in [0, 0.1) is 5.82 Å². The lowest BCUT2D eigenvalue weighted by Crippen LogP contribution is -2.41. The van der Waals surface area contributed by atoms with Crippen molar-refractivity contribution in [3.05, 3.63) is 56.3 Å². The molecule has 0 saturated carbocycles. The number of hydrogen-bond acceptors (Lipinski definition) is 4. The Bertz CT molecular complexity index is 861.